The first kappa shape index (κ1) is 15.6. The van der Waals surface area contributed by atoms with Crippen molar-refractivity contribution in [3.63, 3.8) is 0 Å². The van der Waals surface area contributed by atoms with Crippen molar-refractivity contribution in [2.75, 3.05) is 12.0 Å². The molecular formula is C14H14Cl2N4O. The van der Waals surface area contributed by atoms with E-state index in [2.05, 4.69) is 15.7 Å². The number of aromatic nitrogens is 1. The van der Waals surface area contributed by atoms with Crippen LogP contribution >= 0.6 is 23.2 Å². The van der Waals surface area contributed by atoms with E-state index in [9.17, 15) is 4.79 Å². The second-order valence-electron chi connectivity index (χ2n) is 4.32. The van der Waals surface area contributed by atoms with E-state index in [1.807, 2.05) is 6.07 Å². The molecule has 0 fully saturated rings. The highest BCUT2D eigenvalue weighted by Gasteiger charge is 2.08. The molecule has 0 unspecified atom stereocenters. The zero-order valence-electron chi connectivity index (χ0n) is 11.1. The van der Waals surface area contributed by atoms with Crippen molar-refractivity contribution in [3.05, 3.63) is 57.8 Å². The van der Waals surface area contributed by atoms with E-state index >= 15 is 0 Å². The third-order valence-corrected chi connectivity index (χ3v) is 3.44. The van der Waals surface area contributed by atoms with Crippen LogP contribution in [0.1, 0.15) is 16.1 Å². The largest absolute Gasteiger partial charge is 0.350 e. The van der Waals surface area contributed by atoms with Gasteiger partial charge >= 0.3 is 0 Å². The number of hydrogen-bond acceptors (Lipinski definition) is 4. The second kappa shape index (κ2) is 7.26. The van der Waals surface area contributed by atoms with Crippen LogP contribution in [-0.2, 0) is 6.42 Å². The second-order valence-corrected chi connectivity index (χ2v) is 5.16. The molecular weight excluding hydrogens is 311 g/mol. The molecule has 0 aliphatic rings. The molecule has 21 heavy (non-hydrogen) atoms. The van der Waals surface area contributed by atoms with E-state index in [0.29, 0.717) is 34.4 Å². The average Bonchev–Trinajstić information content (AvgIpc) is 2.49. The Morgan fingerprint density at radius 2 is 2.05 bits per heavy atom. The summed E-state index contributed by atoms with van der Waals surface area (Å²) < 4.78 is 0. The summed E-state index contributed by atoms with van der Waals surface area (Å²) in [5.74, 6) is 5.02. The van der Waals surface area contributed by atoms with Gasteiger partial charge in [-0.05, 0) is 36.2 Å². The van der Waals surface area contributed by atoms with Gasteiger partial charge in [0.15, 0.2) is 0 Å². The summed E-state index contributed by atoms with van der Waals surface area (Å²) in [6, 6.07) is 8.53. The van der Waals surface area contributed by atoms with E-state index in [-0.39, 0.29) is 5.91 Å². The lowest BCUT2D eigenvalue weighted by atomic mass is 10.1. The molecule has 0 atom stereocenters. The molecule has 0 bridgehead atoms. The molecule has 2 rings (SSSR count). The Kier molecular flexibility index (Phi) is 5.38. The van der Waals surface area contributed by atoms with Crippen molar-refractivity contribution in [1.82, 2.24) is 10.3 Å². The third-order valence-electron chi connectivity index (χ3n) is 2.85. The van der Waals surface area contributed by atoms with Crippen LogP contribution in [0, 0.1) is 0 Å². The molecule has 7 heteroatoms. The molecule has 1 aromatic heterocycles. The van der Waals surface area contributed by atoms with Gasteiger partial charge in [0.05, 0.1) is 5.69 Å². The number of anilines is 1. The number of halogens is 2. The summed E-state index contributed by atoms with van der Waals surface area (Å²) in [6.45, 7) is 0.447. The average molecular weight is 325 g/mol. The van der Waals surface area contributed by atoms with Gasteiger partial charge in [0.25, 0.3) is 5.91 Å². The van der Waals surface area contributed by atoms with Gasteiger partial charge in [-0.15, -0.1) is 0 Å². The Labute approximate surface area is 132 Å². The van der Waals surface area contributed by atoms with Crippen molar-refractivity contribution in [3.8, 4) is 0 Å². The summed E-state index contributed by atoms with van der Waals surface area (Å²) in [4.78, 5) is 15.9. The number of benzene rings is 1. The van der Waals surface area contributed by atoms with E-state index in [1.54, 1.807) is 24.3 Å². The molecule has 1 aromatic carbocycles. The molecule has 2 aromatic rings. The Hall–Kier alpha value is -1.82. The van der Waals surface area contributed by atoms with Crippen molar-refractivity contribution in [2.24, 2.45) is 5.84 Å². The predicted octanol–water partition coefficient (Wildman–Crippen LogP) is 2.65. The first-order chi connectivity index (χ1) is 10.1. The number of hydrazine groups is 1. The van der Waals surface area contributed by atoms with Crippen LogP contribution in [0.5, 0.6) is 0 Å². The van der Waals surface area contributed by atoms with Crippen LogP contribution in [0.4, 0.5) is 5.69 Å². The summed E-state index contributed by atoms with van der Waals surface area (Å²) in [6.07, 6.45) is 2.12. The predicted molar refractivity (Wildman–Crippen MR) is 84.5 cm³/mol. The summed E-state index contributed by atoms with van der Waals surface area (Å²) in [5.41, 5.74) is 4.31. The SMILES string of the molecule is NNc1ccnc(C(=O)NCCc2ccc(Cl)cc2Cl)c1. The Bertz CT molecular complexity index is 649. The number of nitrogens with zero attached hydrogens (tertiary/aromatic N) is 1. The van der Waals surface area contributed by atoms with Crippen molar-refractivity contribution in [2.45, 2.75) is 6.42 Å². The maximum absolute atomic E-state index is 11.9. The minimum absolute atomic E-state index is 0.266. The highest BCUT2D eigenvalue weighted by atomic mass is 35.5. The smallest absolute Gasteiger partial charge is 0.269 e. The molecule has 0 radical (unpaired) electrons. The third kappa shape index (κ3) is 4.32. The van der Waals surface area contributed by atoms with Crippen LogP contribution in [0.25, 0.3) is 0 Å². The Balaban J connectivity index is 1.92. The number of nitrogens with one attached hydrogen (secondary N) is 2. The highest BCUT2D eigenvalue weighted by molar-refractivity contribution is 6.35. The van der Waals surface area contributed by atoms with Gasteiger partial charge in [-0.3, -0.25) is 15.6 Å². The summed E-state index contributed by atoms with van der Waals surface area (Å²) >= 11 is 11.9. The topological polar surface area (TPSA) is 80.0 Å². The molecule has 0 spiro atoms. The van der Waals surface area contributed by atoms with Crippen LogP contribution in [0.15, 0.2) is 36.5 Å². The molecule has 0 aliphatic heterocycles. The van der Waals surface area contributed by atoms with Gasteiger partial charge in [-0.25, -0.2) is 0 Å². The number of nitrogen functional groups attached to an aromatic ring is 1. The molecule has 1 heterocycles. The standard InChI is InChI=1S/C14H14Cl2N4O/c15-10-2-1-9(12(16)7-10)3-5-19-14(21)13-8-11(20-17)4-6-18-13/h1-2,4,6-8H,3,5,17H2,(H,18,20)(H,19,21). The summed E-state index contributed by atoms with van der Waals surface area (Å²) in [7, 11) is 0. The lowest BCUT2D eigenvalue weighted by molar-refractivity contribution is 0.0949. The van der Waals surface area contributed by atoms with Gasteiger partial charge < -0.3 is 10.7 Å². The van der Waals surface area contributed by atoms with Gasteiger partial charge in [-0.1, -0.05) is 29.3 Å². The lowest BCUT2D eigenvalue weighted by Crippen LogP contribution is -2.26. The van der Waals surface area contributed by atoms with E-state index in [0.717, 1.165) is 5.56 Å². The molecule has 1 amide bonds. The van der Waals surface area contributed by atoms with Crippen LogP contribution in [0.3, 0.4) is 0 Å². The van der Waals surface area contributed by atoms with Crippen LogP contribution in [-0.4, -0.2) is 17.4 Å². The number of carbonyl (C=O) groups excluding carboxylic acids is 1. The van der Waals surface area contributed by atoms with E-state index in [1.165, 1.54) is 6.20 Å². The first-order valence-corrected chi connectivity index (χ1v) is 7.00. The first-order valence-electron chi connectivity index (χ1n) is 6.25. The molecule has 0 saturated heterocycles. The number of carbonyl (C=O) groups is 1. The normalized spacial score (nSPS) is 10.2. The highest BCUT2D eigenvalue weighted by Crippen LogP contribution is 2.21. The molecule has 0 aliphatic carbocycles. The van der Waals surface area contributed by atoms with Gasteiger partial charge in [0, 0.05) is 22.8 Å². The molecule has 110 valence electrons. The molecule has 5 nitrogen and oxygen atoms in total. The zero-order chi connectivity index (χ0) is 15.2. The van der Waals surface area contributed by atoms with Crippen molar-refractivity contribution < 1.29 is 4.79 Å². The fourth-order valence-electron chi connectivity index (χ4n) is 1.77. The number of rotatable bonds is 5. The fourth-order valence-corrected chi connectivity index (χ4v) is 2.27. The Morgan fingerprint density at radius 3 is 2.76 bits per heavy atom. The Morgan fingerprint density at radius 1 is 1.24 bits per heavy atom. The van der Waals surface area contributed by atoms with E-state index < -0.39 is 0 Å². The van der Waals surface area contributed by atoms with Crippen LogP contribution < -0.4 is 16.6 Å². The zero-order valence-corrected chi connectivity index (χ0v) is 12.6. The van der Waals surface area contributed by atoms with Crippen molar-refractivity contribution in [1.29, 1.82) is 0 Å². The minimum Gasteiger partial charge on any atom is -0.350 e. The monoisotopic (exact) mass is 324 g/mol. The molecule has 4 N–H and O–H groups in total. The fraction of sp³-hybridized carbons (Fsp3) is 0.143. The minimum atomic E-state index is -0.266. The summed E-state index contributed by atoms with van der Waals surface area (Å²) in [5, 5.41) is 3.95. The van der Waals surface area contributed by atoms with E-state index in [4.69, 9.17) is 29.0 Å². The number of hydrogen-bond donors (Lipinski definition) is 3. The number of nitrogens with two attached hydrogens (primary N) is 1. The van der Waals surface area contributed by atoms with Crippen molar-refractivity contribution >= 4 is 34.8 Å². The maximum atomic E-state index is 11.9. The van der Waals surface area contributed by atoms with Crippen LogP contribution in [0.2, 0.25) is 10.0 Å². The quantitative estimate of drug-likeness (QED) is 0.583. The number of amides is 1. The molecule has 0 saturated carbocycles. The van der Waals surface area contributed by atoms with Gasteiger partial charge in [-0.2, -0.15) is 0 Å². The van der Waals surface area contributed by atoms with Gasteiger partial charge in [0.1, 0.15) is 5.69 Å². The number of pyridine rings is 1. The lowest BCUT2D eigenvalue weighted by Gasteiger charge is -2.07. The van der Waals surface area contributed by atoms with Gasteiger partial charge in [0.2, 0.25) is 0 Å². The maximum Gasteiger partial charge on any atom is 0.269 e.